The molecule has 2 fully saturated rings. The Balaban J connectivity index is 1.18. The van der Waals surface area contributed by atoms with E-state index in [-0.39, 0.29) is 30.9 Å². The highest BCUT2D eigenvalue weighted by molar-refractivity contribution is 6.34. The number of carbonyl (C=O) groups excluding carboxylic acids is 3. The van der Waals surface area contributed by atoms with E-state index in [9.17, 15) is 19.5 Å². The van der Waals surface area contributed by atoms with Gasteiger partial charge in [-0.25, -0.2) is 0 Å². The standard InChI is InChI=1S/C31H35ClN6O4/c32-24-18-21(7-8-27(24)38-10-3-6-29(38)41)33-28(40)20-36-11-9-26-23(19-36)30(22-4-1-2-5-25(22)34-26)31(42)37-14-12-35(13-15-37)16-17-39/h1-2,4-5,7-8,18,39H,3,6,9-17,19-20H2,(H,33,40). The van der Waals surface area contributed by atoms with E-state index in [1.807, 2.05) is 34.1 Å². The fourth-order valence-electron chi connectivity index (χ4n) is 6.21. The number of aromatic nitrogens is 1. The number of hydrogen-bond acceptors (Lipinski definition) is 7. The maximum Gasteiger partial charge on any atom is 0.255 e. The van der Waals surface area contributed by atoms with Gasteiger partial charge in [0, 0.05) is 87.5 Å². The number of fused-ring (bicyclic) bond motifs is 2. The number of nitrogens with zero attached hydrogens (tertiary/aromatic N) is 5. The van der Waals surface area contributed by atoms with Crippen molar-refractivity contribution < 1.29 is 19.5 Å². The third-order valence-corrected chi connectivity index (χ3v) is 8.68. The summed E-state index contributed by atoms with van der Waals surface area (Å²) in [7, 11) is 0. The minimum Gasteiger partial charge on any atom is -0.395 e. The first-order valence-corrected chi connectivity index (χ1v) is 14.9. The van der Waals surface area contributed by atoms with Crippen molar-refractivity contribution in [1.82, 2.24) is 19.7 Å². The summed E-state index contributed by atoms with van der Waals surface area (Å²) < 4.78 is 0. The molecule has 3 amide bonds. The quantitative estimate of drug-likeness (QED) is 0.435. The maximum atomic E-state index is 14.0. The highest BCUT2D eigenvalue weighted by Gasteiger charge is 2.30. The molecule has 11 heteroatoms. The summed E-state index contributed by atoms with van der Waals surface area (Å²) in [4.78, 5) is 51.9. The molecule has 0 bridgehead atoms. The Morgan fingerprint density at radius 3 is 2.52 bits per heavy atom. The molecule has 0 saturated carbocycles. The van der Waals surface area contributed by atoms with Gasteiger partial charge in [0.1, 0.15) is 0 Å². The van der Waals surface area contributed by atoms with Gasteiger partial charge in [-0.15, -0.1) is 0 Å². The Hall–Kier alpha value is -3.57. The highest BCUT2D eigenvalue weighted by atomic mass is 35.5. The summed E-state index contributed by atoms with van der Waals surface area (Å²) in [5, 5.41) is 13.5. The molecule has 220 valence electrons. The summed E-state index contributed by atoms with van der Waals surface area (Å²) >= 11 is 6.48. The van der Waals surface area contributed by atoms with E-state index in [1.54, 1.807) is 23.1 Å². The van der Waals surface area contributed by atoms with Gasteiger partial charge in [0.15, 0.2) is 0 Å². The third-order valence-electron chi connectivity index (χ3n) is 8.38. The van der Waals surface area contributed by atoms with Crippen LogP contribution in [0.25, 0.3) is 10.9 Å². The van der Waals surface area contributed by atoms with Gasteiger partial charge in [0.05, 0.1) is 34.9 Å². The van der Waals surface area contributed by atoms with Crippen LogP contribution >= 0.6 is 11.6 Å². The van der Waals surface area contributed by atoms with Crippen molar-refractivity contribution in [2.24, 2.45) is 0 Å². The molecule has 2 aromatic carbocycles. The number of β-amino-alcohol motifs (C(OH)–C–C–N with tert-alkyl or cyclic N) is 1. The molecule has 2 N–H and O–H groups in total. The van der Waals surface area contributed by atoms with E-state index in [0.29, 0.717) is 74.1 Å². The molecule has 1 aromatic heterocycles. The minimum absolute atomic E-state index is 0.00832. The molecule has 42 heavy (non-hydrogen) atoms. The topological polar surface area (TPSA) is 109 Å². The van der Waals surface area contributed by atoms with Gasteiger partial charge in [0.2, 0.25) is 11.8 Å². The first kappa shape index (κ1) is 28.5. The largest absolute Gasteiger partial charge is 0.395 e. The van der Waals surface area contributed by atoms with Crippen molar-refractivity contribution in [2.45, 2.75) is 25.8 Å². The molecular formula is C31H35ClN6O4. The molecular weight excluding hydrogens is 556 g/mol. The van der Waals surface area contributed by atoms with E-state index in [2.05, 4.69) is 10.2 Å². The van der Waals surface area contributed by atoms with Crippen molar-refractivity contribution in [1.29, 1.82) is 0 Å². The zero-order chi connectivity index (χ0) is 29.2. The second-order valence-corrected chi connectivity index (χ2v) is 11.5. The molecule has 0 unspecified atom stereocenters. The number of aliphatic hydroxyl groups excluding tert-OH is 1. The Bertz CT molecular complexity index is 1520. The Morgan fingerprint density at radius 1 is 0.976 bits per heavy atom. The number of anilines is 2. The number of piperazine rings is 1. The lowest BCUT2D eigenvalue weighted by molar-refractivity contribution is -0.118. The summed E-state index contributed by atoms with van der Waals surface area (Å²) in [6, 6.07) is 13.0. The average molecular weight is 591 g/mol. The fourth-order valence-corrected chi connectivity index (χ4v) is 6.49. The van der Waals surface area contributed by atoms with Crippen LogP contribution in [0.4, 0.5) is 11.4 Å². The lowest BCUT2D eigenvalue weighted by Gasteiger charge is -2.36. The number of aliphatic hydroxyl groups is 1. The van der Waals surface area contributed by atoms with Gasteiger partial charge in [-0.05, 0) is 30.7 Å². The average Bonchev–Trinajstić information content (AvgIpc) is 3.41. The van der Waals surface area contributed by atoms with Crippen LogP contribution in [0.5, 0.6) is 0 Å². The summed E-state index contributed by atoms with van der Waals surface area (Å²) in [6.07, 6.45) is 1.97. The number of pyridine rings is 1. The monoisotopic (exact) mass is 590 g/mol. The predicted octanol–water partition coefficient (Wildman–Crippen LogP) is 2.76. The minimum atomic E-state index is -0.179. The number of nitrogens with one attached hydrogen (secondary N) is 1. The molecule has 0 radical (unpaired) electrons. The van der Waals surface area contributed by atoms with Crippen molar-refractivity contribution in [2.75, 3.05) is 69.2 Å². The summed E-state index contributed by atoms with van der Waals surface area (Å²) in [5.41, 5.74) is 4.51. The molecule has 2 saturated heterocycles. The van der Waals surface area contributed by atoms with E-state index in [0.717, 1.165) is 41.7 Å². The van der Waals surface area contributed by atoms with Crippen LogP contribution in [0, 0.1) is 0 Å². The van der Waals surface area contributed by atoms with Crippen LogP contribution < -0.4 is 10.2 Å². The van der Waals surface area contributed by atoms with Crippen LogP contribution in [0.2, 0.25) is 5.02 Å². The predicted molar refractivity (Wildman–Crippen MR) is 162 cm³/mol. The van der Waals surface area contributed by atoms with Gasteiger partial charge in [-0.1, -0.05) is 29.8 Å². The smallest absolute Gasteiger partial charge is 0.255 e. The van der Waals surface area contributed by atoms with Crippen LogP contribution in [0.15, 0.2) is 42.5 Å². The zero-order valence-corrected chi connectivity index (χ0v) is 24.3. The number of benzene rings is 2. The van der Waals surface area contributed by atoms with Crippen LogP contribution in [0.3, 0.4) is 0 Å². The SMILES string of the molecule is O=C(CN1CCc2nc3ccccc3c(C(=O)N3CCN(CCO)CC3)c2C1)Nc1ccc(N2CCCC2=O)c(Cl)c1. The number of carbonyl (C=O) groups is 3. The van der Waals surface area contributed by atoms with Crippen molar-refractivity contribution in [3.63, 3.8) is 0 Å². The molecule has 4 heterocycles. The lowest BCUT2D eigenvalue weighted by atomic mass is 9.94. The number of para-hydroxylation sites is 1. The normalized spacial score (nSPS) is 18.0. The van der Waals surface area contributed by atoms with Crippen molar-refractivity contribution in [3.8, 4) is 0 Å². The van der Waals surface area contributed by atoms with Gasteiger partial charge < -0.3 is 20.2 Å². The van der Waals surface area contributed by atoms with Crippen molar-refractivity contribution in [3.05, 3.63) is 64.3 Å². The van der Waals surface area contributed by atoms with Gasteiger partial charge in [-0.3, -0.25) is 29.2 Å². The zero-order valence-electron chi connectivity index (χ0n) is 23.5. The molecule has 6 rings (SSSR count). The first-order chi connectivity index (χ1) is 20.4. The second kappa shape index (κ2) is 12.3. The van der Waals surface area contributed by atoms with Gasteiger partial charge in [-0.2, -0.15) is 0 Å². The summed E-state index contributed by atoms with van der Waals surface area (Å²) in [5.74, 6) is -0.129. The third kappa shape index (κ3) is 5.85. The van der Waals surface area contributed by atoms with Crippen LogP contribution in [0.1, 0.15) is 34.5 Å². The maximum absolute atomic E-state index is 14.0. The van der Waals surface area contributed by atoms with Crippen LogP contribution in [-0.2, 0) is 22.6 Å². The molecule has 3 aliphatic heterocycles. The Morgan fingerprint density at radius 2 is 1.79 bits per heavy atom. The molecule has 3 aromatic rings. The fraction of sp³-hybridized carbons (Fsp3) is 0.419. The Labute approximate surface area is 249 Å². The van der Waals surface area contributed by atoms with E-state index in [1.165, 1.54) is 0 Å². The van der Waals surface area contributed by atoms with Gasteiger partial charge >= 0.3 is 0 Å². The molecule has 3 aliphatic rings. The molecule has 0 spiro atoms. The number of rotatable bonds is 7. The van der Waals surface area contributed by atoms with Gasteiger partial charge in [0.25, 0.3) is 5.91 Å². The van der Waals surface area contributed by atoms with E-state index in [4.69, 9.17) is 16.6 Å². The van der Waals surface area contributed by atoms with E-state index >= 15 is 0 Å². The van der Waals surface area contributed by atoms with Crippen LogP contribution in [-0.4, -0.2) is 101 Å². The number of amides is 3. The molecule has 0 aliphatic carbocycles. The Kier molecular flexibility index (Phi) is 8.39. The lowest BCUT2D eigenvalue weighted by Crippen LogP contribution is -2.49. The first-order valence-electron chi connectivity index (χ1n) is 14.6. The van der Waals surface area contributed by atoms with E-state index < -0.39 is 0 Å². The molecule has 10 nitrogen and oxygen atoms in total. The number of hydrogen-bond donors (Lipinski definition) is 2. The van der Waals surface area contributed by atoms with Crippen molar-refractivity contribution >= 4 is 51.6 Å². The summed E-state index contributed by atoms with van der Waals surface area (Å²) in [6.45, 7) is 5.27. The second-order valence-electron chi connectivity index (χ2n) is 11.1. The molecule has 0 atom stereocenters. The number of halogens is 1. The highest BCUT2D eigenvalue weighted by Crippen LogP contribution is 2.32.